The van der Waals surface area contributed by atoms with Gasteiger partial charge in [0.2, 0.25) is 0 Å². The Morgan fingerprint density at radius 3 is 2.50 bits per heavy atom. The second-order valence-electron chi connectivity index (χ2n) is 4.93. The summed E-state index contributed by atoms with van der Waals surface area (Å²) in [6.45, 7) is 2.98. The van der Waals surface area contributed by atoms with Crippen LogP contribution in [0, 0.1) is 0 Å². The molecule has 0 saturated carbocycles. The Kier molecular flexibility index (Phi) is 3.59. The summed E-state index contributed by atoms with van der Waals surface area (Å²) in [6, 6.07) is 16.6. The summed E-state index contributed by atoms with van der Waals surface area (Å²) in [6.07, 6.45) is 5.69. The smallest absolute Gasteiger partial charge is 0.0696 e. The second-order valence-corrected chi connectivity index (χ2v) is 4.93. The summed E-state index contributed by atoms with van der Waals surface area (Å²) in [5, 5.41) is 4.68. The molecule has 100 valence electrons. The largest absolute Gasteiger partial charge is 0.268 e. The molecule has 1 unspecified atom stereocenters. The first kappa shape index (κ1) is 12.6. The van der Waals surface area contributed by atoms with Crippen LogP contribution in [0.2, 0.25) is 0 Å². The lowest BCUT2D eigenvalue weighted by atomic mass is 9.99. The van der Waals surface area contributed by atoms with Gasteiger partial charge < -0.3 is 0 Å². The average molecular weight is 263 g/mol. The molecule has 3 nitrogen and oxygen atoms in total. The first-order chi connectivity index (χ1) is 9.83. The number of rotatable bonds is 4. The van der Waals surface area contributed by atoms with Crippen LogP contribution in [-0.2, 0) is 6.54 Å². The van der Waals surface area contributed by atoms with Gasteiger partial charge in [0.1, 0.15) is 0 Å². The Labute approximate surface area is 118 Å². The third-order valence-electron chi connectivity index (χ3n) is 3.50. The maximum atomic E-state index is 4.68. The molecule has 0 amide bonds. The summed E-state index contributed by atoms with van der Waals surface area (Å²) in [7, 11) is 0. The van der Waals surface area contributed by atoms with Crippen LogP contribution in [0.1, 0.15) is 29.7 Å². The van der Waals surface area contributed by atoms with Crippen molar-refractivity contribution in [3.63, 3.8) is 0 Å². The maximum absolute atomic E-state index is 4.68. The Bertz CT molecular complexity index is 659. The third-order valence-corrected chi connectivity index (χ3v) is 3.50. The number of hydrogen-bond acceptors (Lipinski definition) is 2. The number of nitrogens with zero attached hydrogens (tertiary/aromatic N) is 3. The third kappa shape index (κ3) is 2.77. The van der Waals surface area contributed by atoms with E-state index in [-0.39, 0.29) is 5.92 Å². The average Bonchev–Trinajstić information content (AvgIpc) is 2.97. The zero-order chi connectivity index (χ0) is 13.8. The number of aromatic nitrogens is 3. The number of hydrogen-bond donors (Lipinski definition) is 0. The molecule has 2 heterocycles. The number of benzene rings is 1. The molecule has 1 aromatic carbocycles. The lowest BCUT2D eigenvalue weighted by Crippen LogP contribution is -2.03. The zero-order valence-electron chi connectivity index (χ0n) is 11.5. The van der Waals surface area contributed by atoms with E-state index < -0.39 is 0 Å². The van der Waals surface area contributed by atoms with Crippen molar-refractivity contribution in [2.45, 2.75) is 19.4 Å². The minimum atomic E-state index is 0.287. The molecule has 3 rings (SSSR count). The van der Waals surface area contributed by atoms with Crippen LogP contribution in [0.3, 0.4) is 0 Å². The van der Waals surface area contributed by atoms with Crippen LogP contribution in [0.4, 0.5) is 0 Å². The second kappa shape index (κ2) is 5.70. The van der Waals surface area contributed by atoms with E-state index in [1.165, 1.54) is 11.1 Å². The Balaban J connectivity index is 1.77. The van der Waals surface area contributed by atoms with Gasteiger partial charge in [-0.1, -0.05) is 37.3 Å². The molecular weight excluding hydrogens is 246 g/mol. The molecule has 0 radical (unpaired) electrons. The highest BCUT2D eigenvalue weighted by atomic mass is 15.3. The van der Waals surface area contributed by atoms with Gasteiger partial charge in [0.15, 0.2) is 0 Å². The van der Waals surface area contributed by atoms with Gasteiger partial charge in [0.25, 0.3) is 0 Å². The highest BCUT2D eigenvalue weighted by molar-refractivity contribution is 5.25. The van der Waals surface area contributed by atoms with Crippen molar-refractivity contribution in [2.75, 3.05) is 0 Å². The normalized spacial score (nSPS) is 12.2. The first-order valence-corrected chi connectivity index (χ1v) is 6.80. The highest BCUT2D eigenvalue weighted by Crippen LogP contribution is 2.21. The van der Waals surface area contributed by atoms with Crippen molar-refractivity contribution in [1.29, 1.82) is 0 Å². The van der Waals surface area contributed by atoms with Gasteiger partial charge in [-0.15, -0.1) is 0 Å². The summed E-state index contributed by atoms with van der Waals surface area (Å²) in [5.41, 5.74) is 3.59. The fraction of sp³-hybridized carbons (Fsp3) is 0.176. The van der Waals surface area contributed by atoms with Crippen molar-refractivity contribution in [2.24, 2.45) is 0 Å². The molecule has 2 aromatic heterocycles. The molecule has 0 saturated heterocycles. The summed E-state index contributed by atoms with van der Waals surface area (Å²) in [4.78, 5) is 4.06. The van der Waals surface area contributed by atoms with Gasteiger partial charge >= 0.3 is 0 Å². The van der Waals surface area contributed by atoms with Crippen LogP contribution in [-0.4, -0.2) is 14.8 Å². The topological polar surface area (TPSA) is 30.7 Å². The van der Waals surface area contributed by atoms with Crippen LogP contribution in [0.5, 0.6) is 0 Å². The Morgan fingerprint density at radius 2 is 1.75 bits per heavy atom. The standard InChI is InChI=1S/C17H17N3/c1-14(16-7-10-18-11-8-16)17-9-12-20(19-17)13-15-5-3-2-4-6-15/h2-12,14H,13H2,1H3. The van der Waals surface area contributed by atoms with E-state index in [2.05, 4.69) is 47.3 Å². The molecule has 0 bridgehead atoms. The summed E-state index contributed by atoms with van der Waals surface area (Å²) >= 11 is 0. The molecule has 0 fully saturated rings. The van der Waals surface area contributed by atoms with Gasteiger partial charge in [-0.3, -0.25) is 9.67 Å². The van der Waals surface area contributed by atoms with Crippen LogP contribution < -0.4 is 0 Å². The van der Waals surface area contributed by atoms with Crippen molar-refractivity contribution in [3.05, 3.63) is 83.9 Å². The van der Waals surface area contributed by atoms with Crippen molar-refractivity contribution < 1.29 is 0 Å². The van der Waals surface area contributed by atoms with Gasteiger partial charge in [-0.2, -0.15) is 5.10 Å². The Morgan fingerprint density at radius 1 is 1.00 bits per heavy atom. The van der Waals surface area contributed by atoms with E-state index in [0.29, 0.717) is 0 Å². The maximum Gasteiger partial charge on any atom is 0.0696 e. The van der Waals surface area contributed by atoms with Crippen molar-refractivity contribution >= 4 is 0 Å². The fourth-order valence-corrected chi connectivity index (χ4v) is 2.29. The molecule has 0 aliphatic carbocycles. The van der Waals surface area contributed by atoms with Crippen molar-refractivity contribution in [3.8, 4) is 0 Å². The molecule has 3 heteroatoms. The number of pyridine rings is 1. The molecule has 20 heavy (non-hydrogen) atoms. The highest BCUT2D eigenvalue weighted by Gasteiger charge is 2.11. The van der Waals surface area contributed by atoms with Gasteiger partial charge in [0.05, 0.1) is 12.2 Å². The Hall–Kier alpha value is -2.42. The molecule has 0 aliphatic rings. The summed E-state index contributed by atoms with van der Waals surface area (Å²) in [5.74, 6) is 0.287. The van der Waals surface area contributed by atoms with E-state index in [1.54, 1.807) is 0 Å². The molecule has 1 atom stereocenters. The molecular formula is C17H17N3. The van der Waals surface area contributed by atoms with E-state index in [4.69, 9.17) is 0 Å². The minimum Gasteiger partial charge on any atom is -0.268 e. The lowest BCUT2D eigenvalue weighted by Gasteiger charge is -2.08. The molecule has 0 spiro atoms. The summed E-state index contributed by atoms with van der Waals surface area (Å²) < 4.78 is 1.99. The fourth-order valence-electron chi connectivity index (χ4n) is 2.29. The lowest BCUT2D eigenvalue weighted by molar-refractivity contribution is 0.663. The zero-order valence-corrected chi connectivity index (χ0v) is 11.5. The van der Waals surface area contributed by atoms with Crippen LogP contribution in [0.25, 0.3) is 0 Å². The van der Waals surface area contributed by atoms with E-state index >= 15 is 0 Å². The monoisotopic (exact) mass is 263 g/mol. The molecule has 0 aliphatic heterocycles. The van der Waals surface area contributed by atoms with Gasteiger partial charge in [0, 0.05) is 24.5 Å². The van der Waals surface area contributed by atoms with Crippen molar-refractivity contribution in [1.82, 2.24) is 14.8 Å². The predicted molar refractivity (Wildman–Crippen MR) is 79.5 cm³/mol. The van der Waals surface area contributed by atoms with E-state index in [0.717, 1.165) is 12.2 Å². The van der Waals surface area contributed by atoms with E-state index in [1.807, 2.05) is 41.5 Å². The van der Waals surface area contributed by atoms with Gasteiger partial charge in [-0.05, 0) is 29.3 Å². The molecule has 3 aromatic rings. The SMILES string of the molecule is CC(c1ccncc1)c1ccn(Cc2ccccc2)n1. The quantitative estimate of drug-likeness (QED) is 0.721. The van der Waals surface area contributed by atoms with E-state index in [9.17, 15) is 0 Å². The van der Waals surface area contributed by atoms with Crippen LogP contribution >= 0.6 is 0 Å². The van der Waals surface area contributed by atoms with Gasteiger partial charge in [-0.25, -0.2) is 0 Å². The predicted octanol–water partition coefficient (Wildman–Crippen LogP) is 3.48. The van der Waals surface area contributed by atoms with Crippen LogP contribution in [0.15, 0.2) is 67.1 Å². The minimum absolute atomic E-state index is 0.287. The first-order valence-electron chi connectivity index (χ1n) is 6.80. The molecule has 0 N–H and O–H groups in total.